The highest BCUT2D eigenvalue weighted by atomic mass is 32.1. The SMILES string of the molecule is NC(=O)Cn1s[nH]c(=O)c1=O. The molecule has 0 aliphatic heterocycles. The first-order valence-electron chi connectivity index (χ1n) is 2.68. The van der Waals surface area contributed by atoms with Gasteiger partial charge in [-0.3, -0.25) is 18.8 Å². The molecule has 0 bridgehead atoms. The van der Waals surface area contributed by atoms with E-state index in [1.807, 2.05) is 0 Å². The number of nitrogens with one attached hydrogen (secondary N) is 1. The molecule has 0 saturated carbocycles. The number of H-pyrrole nitrogens is 1. The Morgan fingerprint density at radius 1 is 1.64 bits per heavy atom. The molecular weight excluding hydrogens is 170 g/mol. The van der Waals surface area contributed by atoms with Crippen molar-refractivity contribution in [3.05, 3.63) is 20.7 Å². The molecule has 1 rings (SSSR count). The minimum atomic E-state index is -0.742. The zero-order valence-corrected chi connectivity index (χ0v) is 6.18. The van der Waals surface area contributed by atoms with Crippen LogP contribution in [0.25, 0.3) is 0 Å². The van der Waals surface area contributed by atoms with E-state index in [1.54, 1.807) is 0 Å². The topological polar surface area (TPSA) is 97.9 Å². The lowest BCUT2D eigenvalue weighted by atomic mass is 10.6. The molecule has 1 amide bonds. The molecule has 1 aromatic rings. The molecule has 0 radical (unpaired) electrons. The van der Waals surface area contributed by atoms with Gasteiger partial charge in [0.2, 0.25) is 5.91 Å². The predicted molar refractivity (Wildman–Crippen MR) is 38.4 cm³/mol. The van der Waals surface area contributed by atoms with E-state index >= 15 is 0 Å². The van der Waals surface area contributed by atoms with Gasteiger partial charge in [0.15, 0.2) is 0 Å². The molecule has 0 spiro atoms. The van der Waals surface area contributed by atoms with Crippen LogP contribution in [0.15, 0.2) is 9.59 Å². The molecule has 0 aromatic carbocycles. The molecule has 0 atom stereocenters. The van der Waals surface area contributed by atoms with Crippen molar-refractivity contribution >= 4 is 17.6 Å². The van der Waals surface area contributed by atoms with Crippen molar-refractivity contribution in [3.8, 4) is 0 Å². The average Bonchev–Trinajstić information content (AvgIpc) is 2.18. The predicted octanol–water partition coefficient (Wildman–Crippen LogP) is -1.92. The Kier molecular flexibility index (Phi) is 1.90. The monoisotopic (exact) mass is 175 g/mol. The summed E-state index contributed by atoms with van der Waals surface area (Å²) < 4.78 is 3.13. The Morgan fingerprint density at radius 3 is 2.64 bits per heavy atom. The van der Waals surface area contributed by atoms with Crippen LogP contribution < -0.4 is 16.9 Å². The molecule has 0 unspecified atom stereocenters. The second-order valence-corrected chi connectivity index (χ2v) is 2.66. The van der Waals surface area contributed by atoms with Gasteiger partial charge >= 0.3 is 11.1 Å². The third-order valence-electron chi connectivity index (χ3n) is 0.969. The first-order valence-corrected chi connectivity index (χ1v) is 3.45. The third-order valence-corrected chi connectivity index (χ3v) is 1.76. The van der Waals surface area contributed by atoms with Gasteiger partial charge < -0.3 is 5.73 Å². The molecule has 11 heavy (non-hydrogen) atoms. The Bertz CT molecular complexity index is 372. The van der Waals surface area contributed by atoms with Gasteiger partial charge in [-0.05, 0) is 0 Å². The lowest BCUT2D eigenvalue weighted by molar-refractivity contribution is -0.118. The van der Waals surface area contributed by atoms with Crippen LogP contribution in [0.1, 0.15) is 0 Å². The van der Waals surface area contributed by atoms with E-state index in [2.05, 4.69) is 4.37 Å². The van der Waals surface area contributed by atoms with Crippen molar-refractivity contribution < 1.29 is 4.79 Å². The lowest BCUT2D eigenvalue weighted by Crippen LogP contribution is -2.31. The van der Waals surface area contributed by atoms with Crippen LogP contribution >= 0.6 is 11.7 Å². The van der Waals surface area contributed by atoms with Gasteiger partial charge in [0.05, 0.1) is 0 Å². The van der Waals surface area contributed by atoms with Gasteiger partial charge in [-0.1, -0.05) is 0 Å². The van der Waals surface area contributed by atoms with Gasteiger partial charge in [0.25, 0.3) is 0 Å². The number of hydrogen-bond acceptors (Lipinski definition) is 4. The highest BCUT2D eigenvalue weighted by molar-refractivity contribution is 6.99. The molecule has 1 heterocycles. The Labute approximate surface area is 64.6 Å². The van der Waals surface area contributed by atoms with Gasteiger partial charge in [-0.15, -0.1) is 0 Å². The van der Waals surface area contributed by atoms with E-state index < -0.39 is 17.0 Å². The van der Waals surface area contributed by atoms with E-state index in [1.165, 1.54) is 0 Å². The number of amides is 1. The molecule has 0 fully saturated rings. The second-order valence-electron chi connectivity index (χ2n) is 1.83. The fourth-order valence-corrected chi connectivity index (χ4v) is 1.18. The zero-order chi connectivity index (χ0) is 8.43. The normalized spacial score (nSPS) is 9.82. The summed E-state index contributed by atoms with van der Waals surface area (Å²) in [6.45, 7) is -0.248. The zero-order valence-electron chi connectivity index (χ0n) is 5.36. The van der Waals surface area contributed by atoms with Gasteiger partial charge in [0, 0.05) is 11.7 Å². The molecule has 1 aromatic heterocycles. The summed E-state index contributed by atoms with van der Waals surface area (Å²) in [6, 6.07) is 0. The maximum atomic E-state index is 10.7. The minimum Gasteiger partial charge on any atom is -0.368 e. The van der Waals surface area contributed by atoms with E-state index in [4.69, 9.17) is 5.73 Å². The summed E-state index contributed by atoms with van der Waals surface area (Å²) in [5.74, 6) is -0.651. The third kappa shape index (κ3) is 1.55. The second kappa shape index (κ2) is 2.70. The Hall–Kier alpha value is -1.37. The first-order chi connectivity index (χ1) is 5.11. The van der Waals surface area contributed by atoms with Gasteiger partial charge in [-0.2, -0.15) is 0 Å². The number of nitrogens with two attached hydrogens (primary N) is 1. The highest BCUT2D eigenvalue weighted by Crippen LogP contribution is 1.81. The molecular formula is C4H5N3O3S. The summed E-state index contributed by atoms with van der Waals surface area (Å²) in [4.78, 5) is 31.5. The van der Waals surface area contributed by atoms with Crippen molar-refractivity contribution in [3.63, 3.8) is 0 Å². The van der Waals surface area contributed by atoms with Crippen molar-refractivity contribution in [2.45, 2.75) is 6.54 Å². The van der Waals surface area contributed by atoms with Crippen LogP contribution in [0, 0.1) is 0 Å². The Morgan fingerprint density at radius 2 is 2.27 bits per heavy atom. The van der Waals surface area contributed by atoms with Crippen LogP contribution in [0.5, 0.6) is 0 Å². The Balaban J connectivity index is 3.06. The smallest absolute Gasteiger partial charge is 0.327 e. The number of aromatic nitrogens is 2. The largest absolute Gasteiger partial charge is 0.368 e. The summed E-state index contributed by atoms with van der Waals surface area (Å²) in [6.07, 6.45) is 0. The summed E-state index contributed by atoms with van der Waals surface area (Å²) in [5, 5.41) is 0. The van der Waals surface area contributed by atoms with Crippen molar-refractivity contribution in [2.75, 3.05) is 0 Å². The number of rotatable bonds is 2. The molecule has 0 aliphatic carbocycles. The maximum Gasteiger partial charge on any atom is 0.327 e. The van der Waals surface area contributed by atoms with Crippen molar-refractivity contribution in [1.29, 1.82) is 0 Å². The summed E-state index contributed by atoms with van der Waals surface area (Å²) in [7, 11) is 0. The van der Waals surface area contributed by atoms with Crippen LogP contribution in [0.4, 0.5) is 0 Å². The number of carbonyl (C=O) groups is 1. The molecule has 7 heteroatoms. The fourth-order valence-electron chi connectivity index (χ4n) is 0.541. The van der Waals surface area contributed by atoms with Gasteiger partial charge in [0.1, 0.15) is 6.54 Å². The van der Waals surface area contributed by atoms with Crippen LogP contribution in [0.3, 0.4) is 0 Å². The first kappa shape index (κ1) is 7.73. The van der Waals surface area contributed by atoms with Crippen LogP contribution in [-0.2, 0) is 11.3 Å². The highest BCUT2D eigenvalue weighted by Gasteiger charge is 2.04. The summed E-state index contributed by atoms with van der Waals surface area (Å²) >= 11 is 0.770. The number of nitrogens with zero attached hydrogens (tertiary/aromatic N) is 1. The quantitative estimate of drug-likeness (QED) is 0.513. The van der Waals surface area contributed by atoms with Crippen LogP contribution in [-0.4, -0.2) is 14.2 Å². The van der Waals surface area contributed by atoms with E-state index in [9.17, 15) is 14.4 Å². The van der Waals surface area contributed by atoms with Crippen molar-refractivity contribution in [1.82, 2.24) is 8.33 Å². The van der Waals surface area contributed by atoms with Crippen LogP contribution in [0.2, 0.25) is 0 Å². The minimum absolute atomic E-state index is 0.248. The fraction of sp³-hybridized carbons (Fsp3) is 0.250. The average molecular weight is 175 g/mol. The van der Waals surface area contributed by atoms with Crippen molar-refractivity contribution in [2.24, 2.45) is 5.73 Å². The maximum absolute atomic E-state index is 10.7. The van der Waals surface area contributed by atoms with E-state index in [0.29, 0.717) is 0 Å². The van der Waals surface area contributed by atoms with Gasteiger partial charge in [-0.25, -0.2) is 3.96 Å². The molecule has 3 N–H and O–H groups in total. The molecule has 0 saturated heterocycles. The van der Waals surface area contributed by atoms with E-state index in [-0.39, 0.29) is 6.54 Å². The van der Waals surface area contributed by atoms with E-state index in [0.717, 1.165) is 15.7 Å². The number of hydrogen-bond donors (Lipinski definition) is 2. The number of primary amides is 1. The number of carbonyl (C=O) groups excluding carboxylic acids is 1. The summed E-state index contributed by atoms with van der Waals surface area (Å²) in [5.41, 5.74) is 3.33. The standard InChI is InChI=1S/C4H5N3O3S/c5-2(8)1-7-4(10)3(9)6-11-7/h1H2,(H2,5,8)(H,6,9). The molecule has 60 valence electrons. The molecule has 6 nitrogen and oxygen atoms in total. The lowest BCUT2D eigenvalue weighted by Gasteiger charge is -1.90. The molecule has 0 aliphatic rings. The number of aromatic amines is 1.